The van der Waals surface area contributed by atoms with E-state index in [1.54, 1.807) is 4.57 Å². The van der Waals surface area contributed by atoms with Crippen LogP contribution in [-0.4, -0.2) is 14.8 Å². The molecule has 0 fully saturated rings. The molecule has 0 saturated heterocycles. The third kappa shape index (κ3) is 2.33. The van der Waals surface area contributed by atoms with E-state index in [9.17, 15) is 4.79 Å². The zero-order valence-electron chi connectivity index (χ0n) is 10.3. The van der Waals surface area contributed by atoms with Crippen LogP contribution >= 0.6 is 0 Å². The van der Waals surface area contributed by atoms with Crippen LogP contribution in [0.3, 0.4) is 0 Å². The minimum Gasteiger partial charge on any atom is -0.247 e. The number of aromatic amines is 1. The Bertz CT molecular complexity index is 714. The topological polar surface area (TPSA) is 50.7 Å². The number of aromatic nitrogens is 3. The zero-order valence-corrected chi connectivity index (χ0v) is 10.3. The van der Waals surface area contributed by atoms with Crippen LogP contribution in [0.1, 0.15) is 11.4 Å². The van der Waals surface area contributed by atoms with E-state index < -0.39 is 0 Å². The van der Waals surface area contributed by atoms with Crippen LogP contribution in [0.2, 0.25) is 0 Å². The van der Waals surface area contributed by atoms with Gasteiger partial charge in [-0.2, -0.15) is 5.10 Å². The lowest BCUT2D eigenvalue weighted by molar-refractivity contribution is 0.893. The fourth-order valence-electron chi connectivity index (χ4n) is 2.07. The van der Waals surface area contributed by atoms with Gasteiger partial charge in [-0.25, -0.2) is 14.5 Å². The lowest BCUT2D eigenvalue weighted by Gasteiger charge is -2.05. The van der Waals surface area contributed by atoms with Gasteiger partial charge in [0.1, 0.15) is 5.82 Å². The van der Waals surface area contributed by atoms with Crippen LogP contribution in [0.25, 0.3) is 5.69 Å². The Labute approximate surface area is 110 Å². The summed E-state index contributed by atoms with van der Waals surface area (Å²) in [6, 6.07) is 19.5. The predicted molar refractivity (Wildman–Crippen MR) is 73.4 cm³/mol. The summed E-state index contributed by atoms with van der Waals surface area (Å²) < 4.78 is 1.60. The highest BCUT2D eigenvalue weighted by atomic mass is 16.1. The van der Waals surface area contributed by atoms with Crippen LogP contribution < -0.4 is 5.69 Å². The van der Waals surface area contributed by atoms with Gasteiger partial charge in [0.05, 0.1) is 5.69 Å². The van der Waals surface area contributed by atoms with Gasteiger partial charge in [0.15, 0.2) is 0 Å². The Morgan fingerprint density at radius 3 is 2.26 bits per heavy atom. The first-order valence-corrected chi connectivity index (χ1v) is 6.10. The highest BCUT2D eigenvalue weighted by Crippen LogP contribution is 2.10. The quantitative estimate of drug-likeness (QED) is 0.775. The lowest BCUT2D eigenvalue weighted by atomic mass is 10.1. The van der Waals surface area contributed by atoms with Gasteiger partial charge in [0.2, 0.25) is 0 Å². The number of hydrogen-bond donors (Lipinski definition) is 1. The summed E-state index contributed by atoms with van der Waals surface area (Å²) in [7, 11) is 0. The fourth-order valence-corrected chi connectivity index (χ4v) is 2.07. The molecule has 0 aliphatic heterocycles. The molecule has 1 N–H and O–H groups in total. The van der Waals surface area contributed by atoms with Crippen molar-refractivity contribution >= 4 is 0 Å². The number of hydrogen-bond acceptors (Lipinski definition) is 2. The van der Waals surface area contributed by atoms with E-state index in [1.807, 2.05) is 60.7 Å². The lowest BCUT2D eigenvalue weighted by Crippen LogP contribution is -2.17. The van der Waals surface area contributed by atoms with Gasteiger partial charge in [0.25, 0.3) is 0 Å². The summed E-state index contributed by atoms with van der Waals surface area (Å²) in [5, 5.41) is 6.63. The van der Waals surface area contributed by atoms with Gasteiger partial charge in [-0.15, -0.1) is 0 Å². The second-order valence-electron chi connectivity index (χ2n) is 4.28. The van der Waals surface area contributed by atoms with Crippen molar-refractivity contribution in [2.75, 3.05) is 0 Å². The molecule has 0 unspecified atom stereocenters. The predicted octanol–water partition coefficient (Wildman–Crippen LogP) is 2.15. The van der Waals surface area contributed by atoms with Crippen LogP contribution in [0, 0.1) is 0 Å². The smallest absolute Gasteiger partial charge is 0.247 e. The van der Waals surface area contributed by atoms with Crippen molar-refractivity contribution in [2.45, 2.75) is 6.42 Å². The molecule has 0 aliphatic rings. The zero-order chi connectivity index (χ0) is 13.1. The standard InChI is InChI=1S/C15H13N3O/c19-15-17-16-14(11-12-7-3-1-4-8-12)18(15)13-9-5-2-6-10-13/h1-10H,11H2,(H,17,19). The molecule has 0 atom stereocenters. The van der Waals surface area contributed by atoms with Crippen molar-refractivity contribution < 1.29 is 0 Å². The molecule has 0 amide bonds. The van der Waals surface area contributed by atoms with Crippen molar-refractivity contribution in [2.24, 2.45) is 0 Å². The van der Waals surface area contributed by atoms with E-state index in [0.717, 1.165) is 11.3 Å². The number of nitrogens with zero attached hydrogens (tertiary/aromatic N) is 2. The van der Waals surface area contributed by atoms with Crippen molar-refractivity contribution in [3.63, 3.8) is 0 Å². The van der Waals surface area contributed by atoms with E-state index in [2.05, 4.69) is 10.2 Å². The third-order valence-electron chi connectivity index (χ3n) is 2.96. The average Bonchev–Trinajstić information content (AvgIpc) is 2.82. The Balaban J connectivity index is 2.03. The first-order chi connectivity index (χ1) is 9.34. The first-order valence-electron chi connectivity index (χ1n) is 6.10. The molecule has 4 nitrogen and oxygen atoms in total. The van der Waals surface area contributed by atoms with Crippen LogP contribution in [-0.2, 0) is 6.42 Å². The highest BCUT2D eigenvalue weighted by molar-refractivity contribution is 5.33. The molecule has 3 rings (SSSR count). The molecule has 4 heteroatoms. The molecule has 0 radical (unpaired) electrons. The molecule has 2 aromatic carbocycles. The van der Waals surface area contributed by atoms with Crippen molar-refractivity contribution in [1.29, 1.82) is 0 Å². The van der Waals surface area contributed by atoms with Crippen molar-refractivity contribution in [1.82, 2.24) is 14.8 Å². The summed E-state index contributed by atoms with van der Waals surface area (Å²) in [5.41, 5.74) is 1.74. The maximum absolute atomic E-state index is 11.9. The Morgan fingerprint density at radius 2 is 1.58 bits per heavy atom. The van der Waals surface area contributed by atoms with Gasteiger partial charge in [0, 0.05) is 6.42 Å². The third-order valence-corrected chi connectivity index (χ3v) is 2.96. The molecular weight excluding hydrogens is 238 g/mol. The first kappa shape index (κ1) is 11.5. The molecule has 0 aliphatic carbocycles. The second kappa shape index (κ2) is 4.94. The van der Waals surface area contributed by atoms with E-state index in [0.29, 0.717) is 12.2 Å². The molecule has 1 aromatic heterocycles. The molecule has 94 valence electrons. The molecule has 0 bridgehead atoms. The summed E-state index contributed by atoms with van der Waals surface area (Å²) >= 11 is 0. The van der Waals surface area contributed by atoms with Crippen LogP contribution in [0.4, 0.5) is 0 Å². The summed E-state index contributed by atoms with van der Waals surface area (Å²) in [5.74, 6) is 0.711. The molecule has 1 heterocycles. The Hall–Kier alpha value is -2.62. The van der Waals surface area contributed by atoms with E-state index in [1.165, 1.54) is 0 Å². The number of nitrogens with one attached hydrogen (secondary N) is 1. The fraction of sp³-hybridized carbons (Fsp3) is 0.0667. The van der Waals surface area contributed by atoms with E-state index >= 15 is 0 Å². The number of para-hydroxylation sites is 1. The van der Waals surface area contributed by atoms with E-state index in [-0.39, 0.29) is 5.69 Å². The Morgan fingerprint density at radius 1 is 0.947 bits per heavy atom. The van der Waals surface area contributed by atoms with Crippen molar-refractivity contribution in [3.8, 4) is 5.69 Å². The van der Waals surface area contributed by atoms with Gasteiger partial charge in [-0.3, -0.25) is 0 Å². The van der Waals surface area contributed by atoms with Gasteiger partial charge < -0.3 is 0 Å². The molecular formula is C15H13N3O. The van der Waals surface area contributed by atoms with Crippen LogP contribution in [0.15, 0.2) is 65.5 Å². The van der Waals surface area contributed by atoms with Gasteiger partial charge in [-0.1, -0.05) is 48.5 Å². The SMILES string of the molecule is O=c1[nH]nc(Cc2ccccc2)n1-c1ccccc1. The average molecular weight is 251 g/mol. The second-order valence-corrected chi connectivity index (χ2v) is 4.28. The highest BCUT2D eigenvalue weighted by Gasteiger charge is 2.10. The maximum Gasteiger partial charge on any atom is 0.347 e. The monoisotopic (exact) mass is 251 g/mol. The van der Waals surface area contributed by atoms with Gasteiger partial charge in [-0.05, 0) is 17.7 Å². The minimum absolute atomic E-state index is 0.211. The van der Waals surface area contributed by atoms with Crippen LogP contribution in [0.5, 0.6) is 0 Å². The maximum atomic E-state index is 11.9. The molecule has 0 spiro atoms. The minimum atomic E-state index is -0.211. The number of H-pyrrole nitrogens is 1. The van der Waals surface area contributed by atoms with E-state index in [4.69, 9.17) is 0 Å². The van der Waals surface area contributed by atoms with Gasteiger partial charge >= 0.3 is 5.69 Å². The summed E-state index contributed by atoms with van der Waals surface area (Å²) in [4.78, 5) is 11.9. The molecule has 19 heavy (non-hydrogen) atoms. The Kier molecular flexibility index (Phi) is 2.98. The molecule has 0 saturated carbocycles. The summed E-state index contributed by atoms with van der Waals surface area (Å²) in [6.45, 7) is 0. The molecule has 3 aromatic rings. The van der Waals surface area contributed by atoms with Crippen molar-refractivity contribution in [3.05, 3.63) is 82.5 Å². The number of benzene rings is 2. The normalized spacial score (nSPS) is 10.5. The summed E-state index contributed by atoms with van der Waals surface area (Å²) in [6.07, 6.45) is 0.620. The number of rotatable bonds is 3. The largest absolute Gasteiger partial charge is 0.347 e.